The number of carbonyl (C=O) groups is 2. The number of ketones is 1. The predicted octanol–water partition coefficient (Wildman–Crippen LogP) is 1.46. The van der Waals surface area contributed by atoms with Gasteiger partial charge in [-0.3, -0.25) is 4.79 Å². The monoisotopic (exact) mass is 211 g/mol. The number of hydrogen-bond donors (Lipinski definition) is 0. The van der Waals surface area contributed by atoms with Gasteiger partial charge in [0.15, 0.2) is 5.78 Å². The Morgan fingerprint density at radius 3 is 2.33 bits per heavy atom. The Balaban J connectivity index is 0.00000121. The van der Waals surface area contributed by atoms with E-state index in [1.807, 2.05) is 6.07 Å². The van der Waals surface area contributed by atoms with Gasteiger partial charge in [0.2, 0.25) is 0 Å². The van der Waals surface area contributed by atoms with E-state index < -0.39 is 0 Å². The molecule has 1 rings (SSSR count). The van der Waals surface area contributed by atoms with Crippen LogP contribution in [0.1, 0.15) is 16.8 Å². The Morgan fingerprint density at radius 2 is 1.83 bits per heavy atom. The number of Topliss-reactive ketones (excluding diaryl/α,β-unsaturated/α-hetero) is 1. The molecule has 0 bridgehead atoms. The maximum atomic E-state index is 11.0. The first-order valence-corrected chi connectivity index (χ1v) is 3.36. The molecule has 0 fully saturated rings. The van der Waals surface area contributed by atoms with Crippen LogP contribution in [-0.4, -0.2) is 12.1 Å². The molecular weight excluding hydrogens is 204 g/mol. The fraction of sp³-hybridized carbons (Fsp3) is 0.111. The van der Waals surface area contributed by atoms with Gasteiger partial charge in [-0.15, -0.1) is 0 Å². The average molecular weight is 212 g/mol. The largest absolute Gasteiger partial charge is 0.303 e. The maximum absolute atomic E-state index is 11.0. The third-order valence-electron chi connectivity index (χ3n) is 1.36. The van der Waals surface area contributed by atoms with E-state index in [0.29, 0.717) is 11.8 Å². The zero-order valence-electron chi connectivity index (χ0n) is 6.29. The molecule has 0 aliphatic rings. The molecule has 2 nitrogen and oxygen atoms in total. The second-order valence-corrected chi connectivity index (χ2v) is 2.16. The van der Waals surface area contributed by atoms with E-state index >= 15 is 0 Å². The minimum atomic E-state index is -0.124. The molecule has 1 radical (unpaired) electrons. The Kier molecular flexibility index (Phi) is 5.26. The molecule has 1 aromatic carbocycles. The molecule has 0 saturated carbocycles. The van der Waals surface area contributed by atoms with Crippen LogP contribution in [-0.2, 0) is 21.9 Å². The summed E-state index contributed by atoms with van der Waals surface area (Å²) in [7, 11) is 0. The van der Waals surface area contributed by atoms with Crippen LogP contribution in [0.5, 0.6) is 0 Å². The normalized spacial score (nSPS) is 8.33. The van der Waals surface area contributed by atoms with Crippen molar-refractivity contribution in [2.24, 2.45) is 0 Å². The Hall–Kier alpha value is -0.921. The van der Waals surface area contributed by atoms with E-state index in [1.54, 1.807) is 24.3 Å². The predicted molar refractivity (Wildman–Crippen MR) is 41.5 cm³/mol. The summed E-state index contributed by atoms with van der Waals surface area (Å²) in [5, 5.41) is 0. The molecule has 0 amide bonds. The molecule has 0 N–H and O–H groups in total. The third-order valence-corrected chi connectivity index (χ3v) is 1.36. The SMILES string of the molecule is O=CCC(=O)c1ccccc1.[Cu]. The first-order valence-electron chi connectivity index (χ1n) is 3.36. The van der Waals surface area contributed by atoms with Crippen molar-refractivity contribution >= 4 is 12.1 Å². The number of carbonyl (C=O) groups excluding carboxylic acids is 2. The number of hydrogen-bond acceptors (Lipinski definition) is 2. The molecule has 3 heteroatoms. The summed E-state index contributed by atoms with van der Waals surface area (Å²) in [4.78, 5) is 21.0. The molecule has 0 saturated heterocycles. The molecule has 0 aliphatic carbocycles. The maximum Gasteiger partial charge on any atom is 0.169 e. The summed E-state index contributed by atoms with van der Waals surface area (Å²) in [5.41, 5.74) is 0.597. The fourth-order valence-corrected chi connectivity index (χ4v) is 0.818. The van der Waals surface area contributed by atoms with Gasteiger partial charge in [0.1, 0.15) is 6.29 Å². The van der Waals surface area contributed by atoms with Crippen molar-refractivity contribution in [2.75, 3.05) is 0 Å². The Morgan fingerprint density at radius 1 is 1.25 bits per heavy atom. The van der Waals surface area contributed by atoms with Crippen molar-refractivity contribution in [2.45, 2.75) is 6.42 Å². The van der Waals surface area contributed by atoms with Crippen LogP contribution >= 0.6 is 0 Å². The molecule has 0 heterocycles. The van der Waals surface area contributed by atoms with E-state index in [0.717, 1.165) is 0 Å². The molecule has 67 valence electrons. The summed E-state index contributed by atoms with van der Waals surface area (Å²) < 4.78 is 0. The van der Waals surface area contributed by atoms with Gasteiger partial charge in [-0.1, -0.05) is 30.3 Å². The van der Waals surface area contributed by atoms with Crippen LogP contribution in [0.4, 0.5) is 0 Å². The molecule has 0 atom stereocenters. The molecule has 0 aromatic heterocycles. The Bertz CT molecular complexity index is 256. The van der Waals surface area contributed by atoms with Gasteiger partial charge in [0.25, 0.3) is 0 Å². The van der Waals surface area contributed by atoms with Crippen molar-refractivity contribution in [3.05, 3.63) is 35.9 Å². The van der Waals surface area contributed by atoms with Gasteiger partial charge in [-0.25, -0.2) is 0 Å². The number of aldehydes is 1. The van der Waals surface area contributed by atoms with Crippen LogP contribution < -0.4 is 0 Å². The minimum Gasteiger partial charge on any atom is -0.303 e. The standard InChI is InChI=1S/C9H8O2.Cu/c10-7-6-9(11)8-4-2-1-3-5-8;/h1-5,7H,6H2;. The van der Waals surface area contributed by atoms with Gasteiger partial charge >= 0.3 is 0 Å². The third kappa shape index (κ3) is 2.99. The van der Waals surface area contributed by atoms with Crippen LogP contribution in [0.25, 0.3) is 0 Å². The van der Waals surface area contributed by atoms with Gasteiger partial charge in [-0.2, -0.15) is 0 Å². The average Bonchev–Trinajstić information content (AvgIpc) is 2.07. The van der Waals surface area contributed by atoms with Gasteiger partial charge in [-0.05, 0) is 0 Å². The van der Waals surface area contributed by atoms with Crippen molar-refractivity contribution in [3.8, 4) is 0 Å². The summed E-state index contributed by atoms with van der Waals surface area (Å²) in [6.45, 7) is 0. The summed E-state index contributed by atoms with van der Waals surface area (Å²) in [6.07, 6.45) is 0.597. The van der Waals surface area contributed by atoms with E-state index in [9.17, 15) is 9.59 Å². The minimum absolute atomic E-state index is 0. The zero-order chi connectivity index (χ0) is 8.10. The van der Waals surface area contributed by atoms with Crippen LogP contribution in [0.2, 0.25) is 0 Å². The van der Waals surface area contributed by atoms with Crippen molar-refractivity contribution in [3.63, 3.8) is 0 Å². The topological polar surface area (TPSA) is 34.1 Å². The van der Waals surface area contributed by atoms with Crippen molar-refractivity contribution < 1.29 is 26.7 Å². The van der Waals surface area contributed by atoms with Gasteiger partial charge in [0.05, 0.1) is 6.42 Å². The summed E-state index contributed by atoms with van der Waals surface area (Å²) >= 11 is 0. The smallest absolute Gasteiger partial charge is 0.169 e. The van der Waals surface area contributed by atoms with E-state index in [2.05, 4.69) is 0 Å². The van der Waals surface area contributed by atoms with Crippen molar-refractivity contribution in [1.82, 2.24) is 0 Å². The summed E-state index contributed by atoms with van der Waals surface area (Å²) in [6, 6.07) is 8.78. The van der Waals surface area contributed by atoms with E-state index in [1.165, 1.54) is 0 Å². The number of benzene rings is 1. The molecule has 0 unspecified atom stereocenters. The second kappa shape index (κ2) is 5.69. The fourth-order valence-electron chi connectivity index (χ4n) is 0.818. The first-order chi connectivity index (χ1) is 5.34. The second-order valence-electron chi connectivity index (χ2n) is 2.16. The zero-order valence-corrected chi connectivity index (χ0v) is 7.23. The first kappa shape index (κ1) is 11.1. The van der Waals surface area contributed by atoms with E-state index in [4.69, 9.17) is 0 Å². The van der Waals surface area contributed by atoms with E-state index in [-0.39, 0.29) is 29.3 Å². The Labute approximate surface area is 81.4 Å². The molecule has 12 heavy (non-hydrogen) atoms. The van der Waals surface area contributed by atoms with Gasteiger partial charge in [0, 0.05) is 22.6 Å². The van der Waals surface area contributed by atoms with Crippen LogP contribution in [0.3, 0.4) is 0 Å². The van der Waals surface area contributed by atoms with Crippen molar-refractivity contribution in [1.29, 1.82) is 0 Å². The molecule has 0 aliphatic heterocycles. The number of rotatable bonds is 3. The summed E-state index contributed by atoms with van der Waals surface area (Å²) in [5.74, 6) is -0.124. The molecule has 0 spiro atoms. The molecule has 1 aromatic rings. The quantitative estimate of drug-likeness (QED) is 0.328. The van der Waals surface area contributed by atoms with Crippen LogP contribution in [0, 0.1) is 0 Å². The van der Waals surface area contributed by atoms with Gasteiger partial charge < -0.3 is 4.79 Å². The van der Waals surface area contributed by atoms with Crippen LogP contribution in [0.15, 0.2) is 30.3 Å². The molecular formula is C9H8CuO2.